The topological polar surface area (TPSA) is 49.4 Å². The number of amides is 3. The van der Waals surface area contributed by atoms with E-state index in [4.69, 9.17) is 0 Å². The molecule has 1 aliphatic rings. The maximum absolute atomic E-state index is 12.0. The zero-order valence-corrected chi connectivity index (χ0v) is 11.7. The van der Waals surface area contributed by atoms with Gasteiger partial charge in [-0.3, -0.25) is 9.69 Å². The molecule has 0 bridgehead atoms. The first kappa shape index (κ1) is 14.4. The Labute approximate surface area is 109 Å². The first-order valence-corrected chi connectivity index (χ1v) is 6.87. The van der Waals surface area contributed by atoms with Gasteiger partial charge in [0, 0.05) is 6.54 Å². The minimum Gasteiger partial charge on any atom is -0.326 e. The normalized spacial score (nSPS) is 22.2. The molecule has 1 heterocycles. The van der Waals surface area contributed by atoms with Gasteiger partial charge in [0.2, 0.25) is 0 Å². The highest BCUT2D eigenvalue weighted by Crippen LogP contribution is 2.18. The van der Waals surface area contributed by atoms with Crippen molar-refractivity contribution in [3.63, 3.8) is 0 Å². The van der Waals surface area contributed by atoms with Crippen molar-refractivity contribution in [1.82, 2.24) is 10.2 Å². The molecule has 1 saturated heterocycles. The Morgan fingerprint density at radius 2 is 2.06 bits per heavy atom. The Kier molecular flexibility index (Phi) is 5.31. The molecule has 3 amide bonds. The zero-order chi connectivity index (χ0) is 13.0. The molecule has 1 fully saturated rings. The highest BCUT2D eigenvalue weighted by atomic mass is 32.1. The summed E-state index contributed by atoms with van der Waals surface area (Å²) in [7, 11) is 0. The highest BCUT2D eigenvalue weighted by molar-refractivity contribution is 7.80. The van der Waals surface area contributed by atoms with Gasteiger partial charge in [0.05, 0.1) is 0 Å². The first-order chi connectivity index (χ1) is 8.01. The largest absolute Gasteiger partial charge is 0.326 e. The van der Waals surface area contributed by atoms with Gasteiger partial charge in [-0.25, -0.2) is 4.79 Å². The number of rotatable bonds is 6. The third-order valence-corrected chi connectivity index (χ3v) is 3.75. The van der Waals surface area contributed by atoms with Crippen LogP contribution >= 0.6 is 12.6 Å². The van der Waals surface area contributed by atoms with E-state index in [9.17, 15) is 9.59 Å². The maximum Gasteiger partial charge on any atom is 0.324 e. The second-order valence-electron chi connectivity index (χ2n) is 4.93. The quantitative estimate of drug-likeness (QED) is 0.565. The fourth-order valence-electron chi connectivity index (χ4n) is 1.95. The lowest BCUT2D eigenvalue weighted by Gasteiger charge is -2.23. The summed E-state index contributed by atoms with van der Waals surface area (Å²) in [6.45, 7) is 6.66. The summed E-state index contributed by atoms with van der Waals surface area (Å²) >= 11 is 4.28. The van der Waals surface area contributed by atoms with Crippen LogP contribution in [-0.2, 0) is 4.79 Å². The van der Waals surface area contributed by atoms with Crippen LogP contribution in [0.15, 0.2) is 0 Å². The van der Waals surface area contributed by atoms with Crippen molar-refractivity contribution in [2.24, 2.45) is 11.8 Å². The number of carbonyl (C=O) groups excluding carboxylic acids is 2. The van der Waals surface area contributed by atoms with E-state index in [0.717, 1.165) is 6.42 Å². The Morgan fingerprint density at radius 1 is 1.41 bits per heavy atom. The van der Waals surface area contributed by atoms with Crippen LogP contribution in [0, 0.1) is 11.8 Å². The highest BCUT2D eigenvalue weighted by Gasteiger charge is 2.38. The number of hydrogen-bond acceptors (Lipinski definition) is 3. The van der Waals surface area contributed by atoms with Gasteiger partial charge in [0.25, 0.3) is 5.91 Å². The van der Waals surface area contributed by atoms with Gasteiger partial charge in [-0.1, -0.05) is 27.2 Å². The first-order valence-electron chi connectivity index (χ1n) is 6.24. The Hall–Kier alpha value is -0.710. The molecule has 4 nitrogen and oxygen atoms in total. The lowest BCUT2D eigenvalue weighted by molar-refractivity contribution is -0.128. The molecule has 0 aliphatic carbocycles. The molecule has 0 saturated carbocycles. The third-order valence-electron chi connectivity index (χ3n) is 3.28. The van der Waals surface area contributed by atoms with Crippen LogP contribution in [-0.4, -0.2) is 35.2 Å². The summed E-state index contributed by atoms with van der Waals surface area (Å²) in [6, 6.07) is -0.568. The van der Waals surface area contributed by atoms with Crippen LogP contribution in [0.4, 0.5) is 4.79 Å². The number of urea groups is 1. The number of nitrogens with zero attached hydrogens (tertiary/aromatic N) is 1. The SMILES string of the molecule is CCCC1NC(=O)N(CC(CS)C(C)C)C1=O. The Morgan fingerprint density at radius 3 is 2.53 bits per heavy atom. The Balaban J connectivity index is 2.65. The molecule has 0 aromatic rings. The molecular weight excluding hydrogens is 236 g/mol. The number of nitrogens with one attached hydrogen (secondary N) is 1. The van der Waals surface area contributed by atoms with Gasteiger partial charge < -0.3 is 5.32 Å². The summed E-state index contributed by atoms with van der Waals surface area (Å²) < 4.78 is 0. The fourth-order valence-corrected chi connectivity index (χ4v) is 2.49. The number of imide groups is 1. The van der Waals surface area contributed by atoms with Crippen molar-refractivity contribution in [2.75, 3.05) is 12.3 Å². The molecule has 2 unspecified atom stereocenters. The molecule has 2 atom stereocenters. The molecule has 0 aromatic heterocycles. The number of hydrogen-bond donors (Lipinski definition) is 2. The third kappa shape index (κ3) is 3.37. The fraction of sp³-hybridized carbons (Fsp3) is 0.833. The molecule has 0 aromatic carbocycles. The molecule has 5 heteroatoms. The monoisotopic (exact) mass is 258 g/mol. The van der Waals surface area contributed by atoms with E-state index in [0.29, 0.717) is 24.6 Å². The van der Waals surface area contributed by atoms with Crippen LogP contribution in [0.3, 0.4) is 0 Å². The lowest BCUT2D eigenvalue weighted by atomic mass is 9.97. The van der Waals surface area contributed by atoms with Gasteiger partial charge in [0.1, 0.15) is 6.04 Å². The minimum absolute atomic E-state index is 0.0794. The number of thiol groups is 1. The van der Waals surface area contributed by atoms with Crippen LogP contribution in [0.2, 0.25) is 0 Å². The number of carbonyl (C=O) groups is 2. The van der Waals surface area contributed by atoms with E-state index in [2.05, 4.69) is 31.8 Å². The van der Waals surface area contributed by atoms with Gasteiger partial charge in [0.15, 0.2) is 0 Å². The summed E-state index contributed by atoms with van der Waals surface area (Å²) in [6.07, 6.45) is 1.61. The van der Waals surface area contributed by atoms with Crippen molar-refractivity contribution in [2.45, 2.75) is 39.7 Å². The predicted octanol–water partition coefficient (Wildman–Crippen LogP) is 1.91. The molecule has 17 heavy (non-hydrogen) atoms. The van der Waals surface area contributed by atoms with Crippen LogP contribution in [0.25, 0.3) is 0 Å². The predicted molar refractivity (Wildman–Crippen MR) is 71.1 cm³/mol. The van der Waals surface area contributed by atoms with E-state index in [-0.39, 0.29) is 23.9 Å². The molecule has 0 spiro atoms. The summed E-state index contributed by atoms with van der Waals surface area (Å²) in [5, 5.41) is 2.74. The van der Waals surface area contributed by atoms with Gasteiger partial charge in [-0.05, 0) is 24.0 Å². The molecule has 1 rings (SSSR count). The second kappa shape index (κ2) is 6.28. The summed E-state index contributed by atoms with van der Waals surface area (Å²) in [5.74, 6) is 1.28. The maximum atomic E-state index is 12.0. The summed E-state index contributed by atoms with van der Waals surface area (Å²) in [4.78, 5) is 25.1. The van der Waals surface area contributed by atoms with Gasteiger partial charge >= 0.3 is 6.03 Å². The second-order valence-corrected chi connectivity index (χ2v) is 5.29. The standard InChI is InChI=1S/C12H22N2O2S/c1-4-5-10-11(15)14(12(16)13-10)6-9(7-17)8(2)3/h8-10,17H,4-7H2,1-3H3,(H,13,16). The smallest absolute Gasteiger partial charge is 0.324 e. The van der Waals surface area contributed by atoms with Crippen molar-refractivity contribution < 1.29 is 9.59 Å². The van der Waals surface area contributed by atoms with Gasteiger partial charge in [-0.15, -0.1) is 0 Å². The van der Waals surface area contributed by atoms with E-state index < -0.39 is 0 Å². The van der Waals surface area contributed by atoms with E-state index in [1.54, 1.807) is 0 Å². The minimum atomic E-state index is -0.319. The zero-order valence-electron chi connectivity index (χ0n) is 10.8. The van der Waals surface area contributed by atoms with Crippen molar-refractivity contribution in [3.05, 3.63) is 0 Å². The van der Waals surface area contributed by atoms with Crippen LogP contribution in [0.1, 0.15) is 33.6 Å². The van der Waals surface area contributed by atoms with Crippen LogP contribution in [0.5, 0.6) is 0 Å². The average molecular weight is 258 g/mol. The molecule has 98 valence electrons. The van der Waals surface area contributed by atoms with Crippen molar-refractivity contribution in [1.29, 1.82) is 0 Å². The van der Waals surface area contributed by atoms with E-state index in [1.165, 1.54) is 4.90 Å². The van der Waals surface area contributed by atoms with Crippen molar-refractivity contribution in [3.8, 4) is 0 Å². The molecule has 1 aliphatic heterocycles. The van der Waals surface area contributed by atoms with E-state index in [1.807, 2.05) is 6.92 Å². The lowest BCUT2D eigenvalue weighted by Crippen LogP contribution is -2.38. The average Bonchev–Trinajstić information content (AvgIpc) is 2.52. The van der Waals surface area contributed by atoms with Crippen LogP contribution < -0.4 is 5.32 Å². The van der Waals surface area contributed by atoms with Gasteiger partial charge in [-0.2, -0.15) is 12.6 Å². The van der Waals surface area contributed by atoms with E-state index >= 15 is 0 Å². The molecule has 1 N–H and O–H groups in total. The molecular formula is C12H22N2O2S. The molecule has 0 radical (unpaired) electrons. The Bertz CT molecular complexity index is 294. The van der Waals surface area contributed by atoms with Crippen molar-refractivity contribution >= 4 is 24.6 Å². The summed E-state index contributed by atoms with van der Waals surface area (Å²) in [5.41, 5.74) is 0.